The van der Waals surface area contributed by atoms with E-state index in [1.807, 2.05) is 0 Å². The first-order chi connectivity index (χ1) is 24.0. The number of ether oxygens (including phenoxy) is 2. The number of carbonyl (C=O) groups is 3. The second-order valence-electron chi connectivity index (χ2n) is 13.5. The van der Waals surface area contributed by atoms with Crippen molar-refractivity contribution >= 4 is 17.8 Å². The Morgan fingerprint density at radius 3 is 1.24 bits per heavy atom. The summed E-state index contributed by atoms with van der Waals surface area (Å²) in [7, 11) is 0. The van der Waals surface area contributed by atoms with E-state index in [4.69, 9.17) is 15.2 Å². The highest BCUT2D eigenvalue weighted by Gasteiger charge is 2.39. The molecule has 49 heavy (non-hydrogen) atoms. The lowest BCUT2D eigenvalue weighted by Crippen LogP contribution is -2.35. The summed E-state index contributed by atoms with van der Waals surface area (Å²) >= 11 is 0. The molecule has 1 heterocycles. The van der Waals surface area contributed by atoms with Crippen molar-refractivity contribution in [1.29, 1.82) is 0 Å². The van der Waals surface area contributed by atoms with Crippen molar-refractivity contribution in [2.75, 3.05) is 19.6 Å². The first kappa shape index (κ1) is 44.4. The standard InChI is InChI=1S/C42H72N2O5/c1-3-5-7-9-11-13-15-17-19-21-23-25-27-29-31-33-41(46)48-38-36-44(40(45)35-43)37-39(38)49-42(47)34-32-30-28-26-24-22-20-18-16-14-12-10-8-6-4-2/h11-14,17-20,38-39H,3-10,15-16,21-37,43H2,1-2H3/b13-11-,14-12-,19-17-,20-18-/t38-,39-/m1/s1. The lowest BCUT2D eigenvalue weighted by Gasteiger charge is -2.19. The Hall–Kier alpha value is -2.67. The van der Waals surface area contributed by atoms with E-state index in [2.05, 4.69) is 62.5 Å². The largest absolute Gasteiger partial charge is 0.456 e. The SMILES string of the molecule is CCCCC/C=C\C/C=C\CCCCCCCC(=O)O[C@@H]1CN(C(=O)CN)C[C@H]1OC(=O)CCCCCCC/C=C\C/C=C\CCCCC. The van der Waals surface area contributed by atoms with Gasteiger partial charge in [0, 0.05) is 12.8 Å². The molecule has 0 unspecified atom stereocenters. The van der Waals surface area contributed by atoms with Crippen LogP contribution in [0.5, 0.6) is 0 Å². The van der Waals surface area contributed by atoms with E-state index < -0.39 is 12.2 Å². The molecule has 7 heteroatoms. The molecule has 1 amide bonds. The molecule has 2 atom stereocenters. The maximum Gasteiger partial charge on any atom is 0.306 e. The molecule has 1 saturated heterocycles. The maximum atomic E-state index is 12.6. The fourth-order valence-corrected chi connectivity index (χ4v) is 5.92. The summed E-state index contributed by atoms with van der Waals surface area (Å²) < 4.78 is 11.5. The number of nitrogens with two attached hydrogens (primary N) is 1. The molecular weight excluding hydrogens is 612 g/mol. The second-order valence-corrected chi connectivity index (χ2v) is 13.5. The monoisotopic (exact) mass is 685 g/mol. The van der Waals surface area contributed by atoms with E-state index >= 15 is 0 Å². The van der Waals surface area contributed by atoms with Crippen LogP contribution in [-0.4, -0.2) is 54.6 Å². The normalized spacial score (nSPS) is 16.6. The van der Waals surface area contributed by atoms with Crippen molar-refractivity contribution in [3.05, 3.63) is 48.6 Å². The number of carbonyl (C=O) groups excluding carboxylic acids is 3. The lowest BCUT2D eigenvalue weighted by atomic mass is 10.1. The molecule has 0 radical (unpaired) electrons. The van der Waals surface area contributed by atoms with Crippen LogP contribution in [0.4, 0.5) is 0 Å². The molecule has 0 aliphatic carbocycles. The highest BCUT2D eigenvalue weighted by molar-refractivity contribution is 5.79. The third-order valence-corrected chi connectivity index (χ3v) is 8.97. The minimum Gasteiger partial charge on any atom is -0.456 e. The number of rotatable bonds is 31. The van der Waals surface area contributed by atoms with Gasteiger partial charge in [-0.2, -0.15) is 0 Å². The summed E-state index contributed by atoms with van der Waals surface area (Å²) in [6.07, 6.45) is 42.2. The van der Waals surface area contributed by atoms with Gasteiger partial charge < -0.3 is 20.1 Å². The lowest BCUT2D eigenvalue weighted by molar-refractivity contribution is -0.164. The van der Waals surface area contributed by atoms with Gasteiger partial charge in [0.15, 0.2) is 12.2 Å². The van der Waals surface area contributed by atoms with Crippen LogP contribution in [0.2, 0.25) is 0 Å². The number of hydrogen-bond acceptors (Lipinski definition) is 6. The van der Waals surface area contributed by atoms with Gasteiger partial charge in [0.05, 0.1) is 19.6 Å². The predicted octanol–water partition coefficient (Wildman–Crippen LogP) is 10.2. The number of esters is 2. The van der Waals surface area contributed by atoms with Crippen LogP contribution in [0.3, 0.4) is 0 Å². The van der Waals surface area contributed by atoms with E-state index in [1.165, 1.54) is 56.3 Å². The fraction of sp³-hybridized carbons (Fsp3) is 0.738. The molecular formula is C42H72N2O5. The van der Waals surface area contributed by atoms with Crippen molar-refractivity contribution < 1.29 is 23.9 Å². The molecule has 1 aliphatic rings. The number of unbranched alkanes of at least 4 members (excludes halogenated alkanes) is 16. The highest BCUT2D eigenvalue weighted by Crippen LogP contribution is 2.20. The summed E-state index contributed by atoms with van der Waals surface area (Å²) in [5, 5.41) is 0. The Labute approximate surface area is 300 Å². The number of allylic oxidation sites excluding steroid dienone is 8. The molecule has 0 spiro atoms. The zero-order valence-corrected chi connectivity index (χ0v) is 31.4. The molecule has 0 aromatic carbocycles. The molecule has 1 aliphatic heterocycles. The third kappa shape index (κ3) is 25.9. The van der Waals surface area contributed by atoms with E-state index in [9.17, 15) is 14.4 Å². The summed E-state index contributed by atoms with van der Waals surface area (Å²) in [5.74, 6) is -0.831. The van der Waals surface area contributed by atoms with Crippen LogP contribution >= 0.6 is 0 Å². The maximum absolute atomic E-state index is 12.6. The zero-order valence-electron chi connectivity index (χ0n) is 31.4. The molecule has 0 aromatic rings. The summed E-state index contributed by atoms with van der Waals surface area (Å²) in [4.78, 5) is 39.0. The topological polar surface area (TPSA) is 98.9 Å². The summed E-state index contributed by atoms with van der Waals surface area (Å²) in [6.45, 7) is 4.77. The Morgan fingerprint density at radius 2 is 0.878 bits per heavy atom. The number of amides is 1. The van der Waals surface area contributed by atoms with Crippen molar-refractivity contribution in [3.63, 3.8) is 0 Å². The van der Waals surface area contributed by atoms with Gasteiger partial charge in [0.25, 0.3) is 0 Å². The van der Waals surface area contributed by atoms with Gasteiger partial charge in [0.1, 0.15) is 0 Å². The van der Waals surface area contributed by atoms with Crippen LogP contribution in [0, 0.1) is 0 Å². The minimum atomic E-state index is -0.644. The Bertz CT molecular complexity index is 889. The van der Waals surface area contributed by atoms with Gasteiger partial charge in [-0.15, -0.1) is 0 Å². The summed E-state index contributed by atoms with van der Waals surface area (Å²) in [6, 6.07) is 0. The molecule has 0 saturated carbocycles. The van der Waals surface area contributed by atoms with Gasteiger partial charge in [-0.05, 0) is 77.0 Å². The van der Waals surface area contributed by atoms with Gasteiger partial charge in [-0.25, -0.2) is 0 Å². The first-order valence-corrected chi connectivity index (χ1v) is 20.0. The van der Waals surface area contributed by atoms with Gasteiger partial charge >= 0.3 is 11.9 Å². The number of nitrogens with zero attached hydrogens (tertiary/aromatic N) is 1. The molecule has 7 nitrogen and oxygen atoms in total. The molecule has 1 fully saturated rings. The predicted molar refractivity (Wildman–Crippen MR) is 204 cm³/mol. The van der Waals surface area contributed by atoms with Crippen LogP contribution < -0.4 is 5.73 Å². The first-order valence-electron chi connectivity index (χ1n) is 20.0. The molecule has 0 aromatic heterocycles. The van der Waals surface area contributed by atoms with Crippen LogP contribution in [0.15, 0.2) is 48.6 Å². The van der Waals surface area contributed by atoms with Crippen LogP contribution in [-0.2, 0) is 23.9 Å². The smallest absolute Gasteiger partial charge is 0.306 e. The third-order valence-electron chi connectivity index (χ3n) is 8.97. The Morgan fingerprint density at radius 1 is 0.531 bits per heavy atom. The fourth-order valence-electron chi connectivity index (χ4n) is 5.92. The van der Waals surface area contributed by atoms with E-state index in [0.29, 0.717) is 12.8 Å². The zero-order chi connectivity index (χ0) is 35.6. The van der Waals surface area contributed by atoms with E-state index in [1.54, 1.807) is 0 Å². The second kappa shape index (κ2) is 32.5. The average molecular weight is 685 g/mol. The van der Waals surface area contributed by atoms with Gasteiger partial charge in [0.2, 0.25) is 5.91 Å². The van der Waals surface area contributed by atoms with Crippen LogP contribution in [0.1, 0.15) is 168 Å². The molecule has 280 valence electrons. The van der Waals surface area contributed by atoms with E-state index in [-0.39, 0.29) is 37.5 Å². The Kier molecular flexibility index (Phi) is 29.4. The van der Waals surface area contributed by atoms with Crippen LogP contribution in [0.25, 0.3) is 0 Å². The molecule has 0 bridgehead atoms. The van der Waals surface area contributed by atoms with Gasteiger partial charge in [-0.3, -0.25) is 14.4 Å². The van der Waals surface area contributed by atoms with Crippen molar-refractivity contribution in [3.8, 4) is 0 Å². The van der Waals surface area contributed by atoms with Crippen molar-refractivity contribution in [1.82, 2.24) is 4.90 Å². The number of likely N-dealkylation sites (tertiary alicyclic amines) is 1. The molecule has 1 rings (SSSR count). The molecule has 2 N–H and O–H groups in total. The van der Waals surface area contributed by atoms with E-state index in [0.717, 1.165) is 89.9 Å². The highest BCUT2D eigenvalue weighted by atomic mass is 16.6. The number of hydrogen-bond donors (Lipinski definition) is 1. The van der Waals surface area contributed by atoms with Gasteiger partial charge in [-0.1, -0.05) is 127 Å². The minimum absolute atomic E-state index is 0.126. The van der Waals surface area contributed by atoms with Crippen molar-refractivity contribution in [2.45, 2.75) is 180 Å². The summed E-state index contributed by atoms with van der Waals surface area (Å²) in [5.41, 5.74) is 5.57. The van der Waals surface area contributed by atoms with Crippen molar-refractivity contribution in [2.24, 2.45) is 5.73 Å². The quantitative estimate of drug-likeness (QED) is 0.0443. The average Bonchev–Trinajstić information content (AvgIpc) is 3.49. The Balaban J connectivity index is 2.19.